The lowest BCUT2D eigenvalue weighted by atomic mass is 10.1. The maximum Gasteiger partial charge on any atom is 0.227 e. The van der Waals surface area contributed by atoms with E-state index in [0.29, 0.717) is 5.71 Å². The summed E-state index contributed by atoms with van der Waals surface area (Å²) in [6, 6.07) is 7.87. The maximum atomic E-state index is 5.69. The van der Waals surface area contributed by atoms with Gasteiger partial charge in [-0.15, -0.1) is 0 Å². The van der Waals surface area contributed by atoms with Gasteiger partial charge in [-0.1, -0.05) is 0 Å². The van der Waals surface area contributed by atoms with Crippen LogP contribution in [0.15, 0.2) is 47.4 Å². The van der Waals surface area contributed by atoms with Crippen LogP contribution in [-0.4, -0.2) is 15.0 Å². The molecule has 3 aromatic heterocycles. The molecule has 0 fully saturated rings. The Morgan fingerprint density at radius 2 is 2.06 bits per heavy atom. The van der Waals surface area contributed by atoms with E-state index in [2.05, 4.69) is 15.0 Å². The van der Waals surface area contributed by atoms with Crippen LogP contribution in [0, 0.1) is 0 Å². The van der Waals surface area contributed by atoms with Crippen molar-refractivity contribution in [2.45, 2.75) is 0 Å². The zero-order valence-electron chi connectivity index (χ0n) is 8.79. The second-order valence-corrected chi connectivity index (χ2v) is 3.89. The number of hydrogen-bond donors (Lipinski definition) is 0. The molecule has 4 aromatic rings. The lowest BCUT2D eigenvalue weighted by Crippen LogP contribution is -1.79. The highest BCUT2D eigenvalue weighted by molar-refractivity contribution is 6.08. The molecule has 0 aliphatic rings. The van der Waals surface area contributed by atoms with Crippen molar-refractivity contribution in [3.8, 4) is 0 Å². The summed E-state index contributed by atoms with van der Waals surface area (Å²) in [5.74, 6) is 0. The van der Waals surface area contributed by atoms with Gasteiger partial charge < -0.3 is 4.42 Å². The van der Waals surface area contributed by atoms with Gasteiger partial charge in [0.25, 0.3) is 0 Å². The Morgan fingerprint density at radius 3 is 3.06 bits per heavy atom. The Hall–Kier alpha value is -2.49. The van der Waals surface area contributed by atoms with E-state index in [1.54, 1.807) is 18.7 Å². The maximum absolute atomic E-state index is 5.69. The van der Waals surface area contributed by atoms with Crippen LogP contribution in [0.3, 0.4) is 0 Å². The summed E-state index contributed by atoms with van der Waals surface area (Å²) in [7, 11) is 0. The molecule has 4 heteroatoms. The van der Waals surface area contributed by atoms with Crippen LogP contribution in [0.2, 0.25) is 0 Å². The Morgan fingerprint density at radius 1 is 1.06 bits per heavy atom. The van der Waals surface area contributed by atoms with Crippen molar-refractivity contribution in [3.05, 3.63) is 43.0 Å². The number of pyridine rings is 1. The highest BCUT2D eigenvalue weighted by atomic mass is 16.3. The number of benzene rings is 1. The predicted molar refractivity (Wildman–Crippen MR) is 64.6 cm³/mol. The van der Waals surface area contributed by atoms with Crippen molar-refractivity contribution < 1.29 is 4.42 Å². The smallest absolute Gasteiger partial charge is 0.227 e. The number of aromatic nitrogens is 3. The quantitative estimate of drug-likeness (QED) is 0.458. The van der Waals surface area contributed by atoms with Gasteiger partial charge in [0.05, 0.1) is 5.52 Å². The van der Waals surface area contributed by atoms with Gasteiger partial charge >= 0.3 is 0 Å². The molecule has 0 atom stereocenters. The first-order valence-electron chi connectivity index (χ1n) is 5.29. The minimum Gasteiger partial charge on any atom is -0.438 e. The molecule has 0 radical (unpaired) electrons. The zero-order valence-corrected chi connectivity index (χ0v) is 8.79. The number of hydrogen-bond acceptors (Lipinski definition) is 4. The van der Waals surface area contributed by atoms with E-state index in [-0.39, 0.29) is 0 Å². The SMILES string of the molecule is c1cnc2oc3cc4cncnc4cc3c2c1. The van der Waals surface area contributed by atoms with E-state index in [9.17, 15) is 0 Å². The third kappa shape index (κ3) is 1.15. The molecule has 0 N–H and O–H groups in total. The normalized spacial score (nSPS) is 11.5. The van der Waals surface area contributed by atoms with Gasteiger partial charge in [-0.25, -0.2) is 15.0 Å². The van der Waals surface area contributed by atoms with E-state index >= 15 is 0 Å². The van der Waals surface area contributed by atoms with Crippen molar-refractivity contribution >= 4 is 33.0 Å². The topological polar surface area (TPSA) is 51.8 Å². The Kier molecular flexibility index (Phi) is 1.53. The molecule has 0 unspecified atom stereocenters. The second kappa shape index (κ2) is 3.01. The van der Waals surface area contributed by atoms with Crippen LogP contribution in [0.25, 0.3) is 33.0 Å². The number of fused-ring (bicyclic) bond motifs is 4. The fourth-order valence-electron chi connectivity index (χ4n) is 2.08. The van der Waals surface area contributed by atoms with Crippen molar-refractivity contribution in [3.63, 3.8) is 0 Å². The Balaban J connectivity index is 2.28. The van der Waals surface area contributed by atoms with Crippen molar-refractivity contribution in [1.29, 1.82) is 0 Å². The monoisotopic (exact) mass is 221 g/mol. The summed E-state index contributed by atoms with van der Waals surface area (Å²) in [4.78, 5) is 12.5. The first-order valence-corrected chi connectivity index (χ1v) is 5.29. The lowest BCUT2D eigenvalue weighted by molar-refractivity contribution is 0.654. The highest BCUT2D eigenvalue weighted by Gasteiger charge is 2.08. The molecule has 0 saturated heterocycles. The van der Waals surface area contributed by atoms with E-state index in [0.717, 1.165) is 27.3 Å². The fraction of sp³-hybridized carbons (Fsp3) is 0. The summed E-state index contributed by atoms with van der Waals surface area (Å²) in [6.45, 7) is 0. The second-order valence-electron chi connectivity index (χ2n) is 3.89. The molecule has 0 aliphatic heterocycles. The minimum atomic E-state index is 0.658. The molecule has 0 spiro atoms. The molecule has 4 nitrogen and oxygen atoms in total. The molecule has 4 rings (SSSR count). The summed E-state index contributed by atoms with van der Waals surface area (Å²) in [6.07, 6.45) is 5.06. The van der Waals surface area contributed by atoms with Crippen molar-refractivity contribution in [2.75, 3.05) is 0 Å². The highest BCUT2D eigenvalue weighted by Crippen LogP contribution is 2.29. The summed E-state index contributed by atoms with van der Waals surface area (Å²) >= 11 is 0. The van der Waals surface area contributed by atoms with Crippen LogP contribution < -0.4 is 0 Å². The number of nitrogens with zero attached hydrogens (tertiary/aromatic N) is 3. The molecular formula is C13H7N3O. The van der Waals surface area contributed by atoms with Crippen LogP contribution in [0.5, 0.6) is 0 Å². The average Bonchev–Trinajstić information content (AvgIpc) is 2.73. The molecule has 80 valence electrons. The van der Waals surface area contributed by atoms with E-state index in [1.807, 2.05) is 24.3 Å². The van der Waals surface area contributed by atoms with E-state index < -0.39 is 0 Å². The molecule has 17 heavy (non-hydrogen) atoms. The van der Waals surface area contributed by atoms with Crippen LogP contribution in [0.1, 0.15) is 0 Å². The summed E-state index contributed by atoms with van der Waals surface area (Å²) in [5, 5.41) is 3.03. The molecule has 0 saturated carbocycles. The van der Waals surface area contributed by atoms with Gasteiger partial charge in [0.15, 0.2) is 0 Å². The molecule has 0 aliphatic carbocycles. The Labute approximate surface area is 95.9 Å². The molecular weight excluding hydrogens is 214 g/mol. The first-order chi connectivity index (χ1) is 8.42. The zero-order chi connectivity index (χ0) is 11.2. The molecule has 0 amide bonds. The summed E-state index contributed by atoms with van der Waals surface area (Å²) in [5.41, 5.74) is 2.39. The third-order valence-corrected chi connectivity index (χ3v) is 2.87. The number of furan rings is 1. The minimum absolute atomic E-state index is 0.658. The van der Waals surface area contributed by atoms with Crippen molar-refractivity contribution in [2.24, 2.45) is 0 Å². The largest absolute Gasteiger partial charge is 0.438 e. The Bertz CT molecular complexity index is 845. The van der Waals surface area contributed by atoms with Gasteiger partial charge in [-0.2, -0.15) is 0 Å². The van der Waals surface area contributed by atoms with Gasteiger partial charge in [-0.3, -0.25) is 0 Å². The molecule has 3 heterocycles. The molecule has 1 aromatic carbocycles. The first kappa shape index (κ1) is 8.64. The van der Waals surface area contributed by atoms with Crippen LogP contribution in [0.4, 0.5) is 0 Å². The van der Waals surface area contributed by atoms with E-state index in [4.69, 9.17) is 4.42 Å². The summed E-state index contributed by atoms with van der Waals surface area (Å²) < 4.78 is 5.69. The lowest BCUT2D eigenvalue weighted by Gasteiger charge is -1.94. The number of rotatable bonds is 0. The van der Waals surface area contributed by atoms with Crippen LogP contribution >= 0.6 is 0 Å². The molecule has 0 bridgehead atoms. The van der Waals surface area contributed by atoms with Gasteiger partial charge in [0, 0.05) is 28.6 Å². The van der Waals surface area contributed by atoms with Crippen molar-refractivity contribution in [1.82, 2.24) is 15.0 Å². The third-order valence-electron chi connectivity index (χ3n) is 2.87. The fourth-order valence-corrected chi connectivity index (χ4v) is 2.08. The van der Waals surface area contributed by atoms with Crippen LogP contribution in [-0.2, 0) is 0 Å². The predicted octanol–water partition coefficient (Wildman–Crippen LogP) is 2.92. The van der Waals surface area contributed by atoms with E-state index in [1.165, 1.54) is 0 Å². The standard InChI is InChI=1S/C13H7N3O/c1-2-9-10-5-11-8(6-14-7-16-11)4-12(10)17-13(9)15-3-1/h1-7H. The van der Waals surface area contributed by atoms with Gasteiger partial charge in [0.2, 0.25) is 5.71 Å². The van der Waals surface area contributed by atoms with Gasteiger partial charge in [0.1, 0.15) is 11.9 Å². The average molecular weight is 221 g/mol. The van der Waals surface area contributed by atoms with Gasteiger partial charge in [-0.05, 0) is 24.3 Å².